The lowest BCUT2D eigenvalue weighted by atomic mass is 10.1. The van der Waals surface area contributed by atoms with Gasteiger partial charge in [0.05, 0.1) is 5.56 Å². The maximum absolute atomic E-state index is 13.5. The second-order valence-corrected chi connectivity index (χ2v) is 4.54. The summed E-state index contributed by atoms with van der Waals surface area (Å²) in [7, 11) is 0. The van der Waals surface area contributed by atoms with E-state index in [1.165, 1.54) is 0 Å². The molecule has 0 heterocycles. The molecule has 1 nitrogen and oxygen atoms in total. The molecule has 0 bridgehead atoms. The van der Waals surface area contributed by atoms with Crippen LogP contribution in [0.25, 0.3) is 0 Å². The van der Waals surface area contributed by atoms with E-state index < -0.39 is 41.3 Å². The highest BCUT2D eigenvalue weighted by Crippen LogP contribution is 2.26. The van der Waals surface area contributed by atoms with Gasteiger partial charge in [-0.25, -0.2) is 22.0 Å². The molecule has 0 aliphatic carbocycles. The molecule has 0 N–H and O–H groups in total. The summed E-state index contributed by atoms with van der Waals surface area (Å²) in [5, 5.41) is 0. The molecule has 0 aliphatic rings. The molecule has 0 aromatic heterocycles. The summed E-state index contributed by atoms with van der Waals surface area (Å²) in [5.74, 6) is -9.57. The molecule has 0 aliphatic heterocycles. The third-order valence-electron chi connectivity index (χ3n) is 3.23. The average Bonchev–Trinajstić information content (AvgIpc) is 2.47. The highest BCUT2D eigenvalue weighted by molar-refractivity contribution is 5.38. The van der Waals surface area contributed by atoms with Crippen molar-refractivity contribution in [3.05, 3.63) is 64.0 Å². The standard InChI is InChI=1S/C15H11F5O/c1-7-4-3-5-10(8(7)2)21-6-9-11(16)13(18)15(20)14(19)12(9)17/h3-5H,6H2,1-2H3. The number of halogens is 5. The summed E-state index contributed by atoms with van der Waals surface area (Å²) in [4.78, 5) is 0. The van der Waals surface area contributed by atoms with Crippen LogP contribution in [-0.4, -0.2) is 0 Å². The molecule has 2 aromatic carbocycles. The van der Waals surface area contributed by atoms with Crippen molar-refractivity contribution in [2.24, 2.45) is 0 Å². The topological polar surface area (TPSA) is 9.23 Å². The Hall–Kier alpha value is -2.11. The molecule has 0 saturated heterocycles. The van der Waals surface area contributed by atoms with E-state index in [2.05, 4.69) is 0 Å². The minimum atomic E-state index is -2.18. The lowest BCUT2D eigenvalue weighted by Crippen LogP contribution is -2.10. The fourth-order valence-corrected chi connectivity index (χ4v) is 1.81. The lowest BCUT2D eigenvalue weighted by Gasteiger charge is -2.12. The van der Waals surface area contributed by atoms with Crippen LogP contribution in [0.5, 0.6) is 5.75 Å². The molecule has 0 spiro atoms. The summed E-state index contributed by atoms with van der Waals surface area (Å²) < 4.78 is 71.2. The van der Waals surface area contributed by atoms with Crippen LogP contribution < -0.4 is 4.74 Å². The Morgan fingerprint density at radius 3 is 1.90 bits per heavy atom. The third-order valence-corrected chi connectivity index (χ3v) is 3.23. The Labute approximate surface area is 118 Å². The van der Waals surface area contributed by atoms with Gasteiger partial charge in [-0.05, 0) is 31.0 Å². The molecule has 0 amide bonds. The summed E-state index contributed by atoms with van der Waals surface area (Å²) in [6.07, 6.45) is 0. The number of aryl methyl sites for hydroxylation is 1. The van der Waals surface area contributed by atoms with Crippen LogP contribution in [0.2, 0.25) is 0 Å². The van der Waals surface area contributed by atoms with E-state index >= 15 is 0 Å². The van der Waals surface area contributed by atoms with Crippen molar-refractivity contribution in [2.75, 3.05) is 0 Å². The van der Waals surface area contributed by atoms with Gasteiger partial charge >= 0.3 is 0 Å². The molecule has 0 saturated carbocycles. The normalized spacial score (nSPS) is 10.8. The highest BCUT2D eigenvalue weighted by atomic mass is 19.2. The van der Waals surface area contributed by atoms with Crippen molar-refractivity contribution >= 4 is 0 Å². The zero-order valence-electron chi connectivity index (χ0n) is 11.2. The highest BCUT2D eigenvalue weighted by Gasteiger charge is 2.26. The van der Waals surface area contributed by atoms with Crippen molar-refractivity contribution in [1.29, 1.82) is 0 Å². The summed E-state index contributed by atoms with van der Waals surface area (Å²) in [5.41, 5.74) is 0.610. The first kappa shape index (κ1) is 15.3. The van der Waals surface area contributed by atoms with Crippen molar-refractivity contribution in [3.8, 4) is 5.75 Å². The van der Waals surface area contributed by atoms with Gasteiger partial charge in [-0.15, -0.1) is 0 Å². The zero-order chi connectivity index (χ0) is 15.7. The second-order valence-electron chi connectivity index (χ2n) is 4.54. The van der Waals surface area contributed by atoms with Crippen LogP contribution in [0.1, 0.15) is 16.7 Å². The number of benzene rings is 2. The molecule has 21 heavy (non-hydrogen) atoms. The van der Waals surface area contributed by atoms with Gasteiger partial charge in [0.1, 0.15) is 12.4 Å². The molecule has 112 valence electrons. The monoisotopic (exact) mass is 302 g/mol. The van der Waals surface area contributed by atoms with Gasteiger partial charge in [0.2, 0.25) is 5.82 Å². The SMILES string of the molecule is Cc1cccc(OCc2c(F)c(F)c(F)c(F)c2F)c1C. The van der Waals surface area contributed by atoms with Crippen molar-refractivity contribution in [1.82, 2.24) is 0 Å². The first-order chi connectivity index (χ1) is 9.84. The Morgan fingerprint density at radius 2 is 1.33 bits per heavy atom. The smallest absolute Gasteiger partial charge is 0.200 e. The van der Waals surface area contributed by atoms with Gasteiger partial charge in [-0.2, -0.15) is 0 Å². The van der Waals surface area contributed by atoms with E-state index in [-0.39, 0.29) is 0 Å². The van der Waals surface area contributed by atoms with E-state index in [1.807, 2.05) is 0 Å². The molecule has 0 radical (unpaired) electrons. The largest absolute Gasteiger partial charge is 0.488 e. The minimum Gasteiger partial charge on any atom is -0.488 e. The zero-order valence-corrected chi connectivity index (χ0v) is 11.2. The second kappa shape index (κ2) is 5.71. The van der Waals surface area contributed by atoms with Crippen LogP contribution in [-0.2, 0) is 6.61 Å². The van der Waals surface area contributed by atoms with Gasteiger partial charge in [0.25, 0.3) is 0 Å². The lowest BCUT2D eigenvalue weighted by molar-refractivity contribution is 0.277. The number of hydrogen-bond acceptors (Lipinski definition) is 1. The Kier molecular flexibility index (Phi) is 4.16. The maximum atomic E-state index is 13.5. The molecular weight excluding hydrogens is 291 g/mol. The van der Waals surface area contributed by atoms with E-state index in [4.69, 9.17) is 4.74 Å². The quantitative estimate of drug-likeness (QED) is 0.458. The van der Waals surface area contributed by atoms with Crippen LogP contribution in [0, 0.1) is 42.9 Å². The first-order valence-corrected chi connectivity index (χ1v) is 6.04. The molecule has 6 heteroatoms. The van der Waals surface area contributed by atoms with Crippen LogP contribution in [0.3, 0.4) is 0 Å². The fourth-order valence-electron chi connectivity index (χ4n) is 1.81. The number of rotatable bonds is 3. The molecule has 2 aromatic rings. The van der Waals surface area contributed by atoms with E-state index in [0.29, 0.717) is 5.75 Å². The average molecular weight is 302 g/mol. The van der Waals surface area contributed by atoms with Crippen LogP contribution in [0.15, 0.2) is 18.2 Å². The van der Waals surface area contributed by atoms with Crippen LogP contribution >= 0.6 is 0 Å². The Morgan fingerprint density at radius 1 is 0.810 bits per heavy atom. The van der Waals surface area contributed by atoms with Crippen molar-refractivity contribution in [2.45, 2.75) is 20.5 Å². The summed E-state index contributed by atoms with van der Waals surface area (Å²) in [6.45, 7) is 2.78. The predicted molar refractivity (Wildman–Crippen MR) is 66.5 cm³/mol. The van der Waals surface area contributed by atoms with Gasteiger partial charge in [0, 0.05) is 0 Å². The molecule has 0 fully saturated rings. The third kappa shape index (κ3) is 2.70. The minimum absolute atomic E-state index is 0.318. The fraction of sp³-hybridized carbons (Fsp3) is 0.200. The van der Waals surface area contributed by atoms with E-state index in [1.54, 1.807) is 32.0 Å². The van der Waals surface area contributed by atoms with Gasteiger partial charge in [-0.3, -0.25) is 0 Å². The maximum Gasteiger partial charge on any atom is 0.200 e. The summed E-state index contributed by atoms with van der Waals surface area (Å²) in [6, 6.07) is 5.02. The van der Waals surface area contributed by atoms with Crippen molar-refractivity contribution < 1.29 is 26.7 Å². The molecule has 2 rings (SSSR count). The number of hydrogen-bond donors (Lipinski definition) is 0. The van der Waals surface area contributed by atoms with E-state index in [9.17, 15) is 22.0 Å². The van der Waals surface area contributed by atoms with Crippen LogP contribution in [0.4, 0.5) is 22.0 Å². The van der Waals surface area contributed by atoms with Gasteiger partial charge < -0.3 is 4.74 Å². The molecular formula is C15H11F5O. The van der Waals surface area contributed by atoms with Gasteiger partial charge in [-0.1, -0.05) is 12.1 Å². The van der Waals surface area contributed by atoms with Crippen molar-refractivity contribution in [3.63, 3.8) is 0 Å². The Balaban J connectivity index is 2.35. The Bertz CT molecular complexity index is 668. The van der Waals surface area contributed by atoms with Gasteiger partial charge in [0.15, 0.2) is 23.3 Å². The first-order valence-electron chi connectivity index (χ1n) is 6.04. The summed E-state index contributed by atoms with van der Waals surface area (Å²) >= 11 is 0. The number of ether oxygens (including phenoxy) is 1. The predicted octanol–water partition coefficient (Wildman–Crippen LogP) is 4.58. The molecule has 0 unspecified atom stereocenters. The van der Waals surface area contributed by atoms with E-state index in [0.717, 1.165) is 11.1 Å². The molecule has 0 atom stereocenters.